The van der Waals surface area contributed by atoms with E-state index in [-0.39, 0.29) is 17.6 Å². The molecule has 1 fully saturated rings. The van der Waals surface area contributed by atoms with Gasteiger partial charge in [-0.25, -0.2) is 4.98 Å². The van der Waals surface area contributed by atoms with E-state index in [0.717, 1.165) is 19.3 Å². The number of hydrogen-bond acceptors (Lipinski definition) is 2. The van der Waals surface area contributed by atoms with Gasteiger partial charge in [-0.3, -0.25) is 4.79 Å². The number of carbonyl (C=O) groups excluding carboxylic acids is 1. The first-order chi connectivity index (χ1) is 8.15. The van der Waals surface area contributed by atoms with Gasteiger partial charge in [0.25, 0.3) is 5.91 Å². The highest BCUT2D eigenvalue weighted by Gasteiger charge is 2.21. The minimum Gasteiger partial charge on any atom is -0.348 e. The molecule has 0 aromatic carbocycles. The molecule has 4 heteroatoms. The van der Waals surface area contributed by atoms with E-state index in [2.05, 4.69) is 17.2 Å². The van der Waals surface area contributed by atoms with Crippen LogP contribution in [0.2, 0.25) is 0 Å². The van der Waals surface area contributed by atoms with Crippen molar-refractivity contribution < 1.29 is 9.18 Å². The first-order valence-electron chi connectivity index (χ1n) is 6.08. The summed E-state index contributed by atoms with van der Waals surface area (Å²) < 4.78 is 12.9. The molecule has 1 N–H and O–H groups in total. The lowest BCUT2D eigenvalue weighted by Gasteiger charge is -2.27. The molecule has 0 bridgehead atoms. The summed E-state index contributed by atoms with van der Waals surface area (Å²) in [5.41, 5.74) is 0.156. The summed E-state index contributed by atoms with van der Waals surface area (Å²) in [7, 11) is 0. The van der Waals surface area contributed by atoms with E-state index in [1.807, 2.05) is 0 Å². The second-order valence-electron chi connectivity index (χ2n) is 4.79. The summed E-state index contributed by atoms with van der Waals surface area (Å²) in [6.45, 7) is 2.19. The first-order valence-corrected chi connectivity index (χ1v) is 6.08. The van der Waals surface area contributed by atoms with Crippen LogP contribution in [0.4, 0.5) is 4.39 Å². The Morgan fingerprint density at radius 3 is 3.00 bits per heavy atom. The fraction of sp³-hybridized carbons (Fsp3) is 0.538. The summed E-state index contributed by atoms with van der Waals surface area (Å²) >= 11 is 0. The van der Waals surface area contributed by atoms with E-state index in [1.165, 1.54) is 24.6 Å². The van der Waals surface area contributed by atoms with Crippen LogP contribution in [-0.4, -0.2) is 16.9 Å². The Bertz CT molecular complexity index is 408. The van der Waals surface area contributed by atoms with Crippen molar-refractivity contribution in [1.29, 1.82) is 0 Å². The normalized spacial score (nSPS) is 24.4. The summed E-state index contributed by atoms with van der Waals surface area (Å²) in [4.78, 5) is 15.4. The van der Waals surface area contributed by atoms with Crippen molar-refractivity contribution >= 4 is 5.91 Å². The molecule has 2 unspecified atom stereocenters. The minimum atomic E-state index is -0.616. The maximum Gasteiger partial charge on any atom is 0.270 e. The van der Waals surface area contributed by atoms with Crippen molar-refractivity contribution in [1.82, 2.24) is 10.3 Å². The monoisotopic (exact) mass is 236 g/mol. The fourth-order valence-electron chi connectivity index (χ4n) is 2.36. The Labute approximate surface area is 100 Å². The highest BCUT2D eigenvalue weighted by atomic mass is 19.1. The van der Waals surface area contributed by atoms with Gasteiger partial charge in [-0.05, 0) is 30.9 Å². The van der Waals surface area contributed by atoms with Gasteiger partial charge in [-0.15, -0.1) is 0 Å². The largest absolute Gasteiger partial charge is 0.348 e. The maximum absolute atomic E-state index is 12.9. The van der Waals surface area contributed by atoms with E-state index in [1.54, 1.807) is 0 Å². The van der Waals surface area contributed by atoms with Gasteiger partial charge in [0, 0.05) is 6.04 Å². The quantitative estimate of drug-likeness (QED) is 0.802. The highest BCUT2D eigenvalue weighted by molar-refractivity contribution is 5.92. The third-order valence-electron chi connectivity index (χ3n) is 3.22. The van der Waals surface area contributed by atoms with Crippen LogP contribution in [0.3, 0.4) is 0 Å². The Kier molecular flexibility index (Phi) is 3.71. The molecule has 2 rings (SSSR count). The molecule has 1 amide bonds. The molecule has 92 valence electrons. The van der Waals surface area contributed by atoms with E-state index in [4.69, 9.17) is 0 Å². The van der Waals surface area contributed by atoms with E-state index < -0.39 is 5.95 Å². The number of nitrogens with one attached hydrogen (secondary N) is 1. The summed E-state index contributed by atoms with van der Waals surface area (Å²) in [6.07, 6.45) is 4.37. The molecule has 0 spiro atoms. The van der Waals surface area contributed by atoms with E-state index >= 15 is 0 Å². The van der Waals surface area contributed by atoms with Crippen LogP contribution in [-0.2, 0) is 0 Å². The zero-order valence-corrected chi connectivity index (χ0v) is 9.95. The first kappa shape index (κ1) is 12.0. The molecule has 17 heavy (non-hydrogen) atoms. The number of pyridine rings is 1. The predicted octanol–water partition coefficient (Wildman–Crippen LogP) is 2.53. The zero-order valence-electron chi connectivity index (χ0n) is 9.95. The third-order valence-corrected chi connectivity index (χ3v) is 3.22. The lowest BCUT2D eigenvalue weighted by molar-refractivity contribution is 0.0915. The molecule has 1 aliphatic carbocycles. The van der Waals surface area contributed by atoms with Gasteiger partial charge in [0.05, 0.1) is 0 Å². The van der Waals surface area contributed by atoms with Gasteiger partial charge in [0.15, 0.2) is 0 Å². The van der Waals surface area contributed by atoms with Crippen molar-refractivity contribution in [3.8, 4) is 0 Å². The SMILES string of the molecule is CC1CCCC(NC(=O)c2cccc(F)n2)C1. The molecule has 0 aliphatic heterocycles. The molecule has 1 aliphatic rings. The third kappa shape index (κ3) is 3.25. The average Bonchev–Trinajstić information content (AvgIpc) is 2.29. The van der Waals surface area contributed by atoms with Gasteiger partial charge in [0.2, 0.25) is 5.95 Å². The van der Waals surface area contributed by atoms with Crippen molar-refractivity contribution in [3.05, 3.63) is 29.8 Å². The highest BCUT2D eigenvalue weighted by Crippen LogP contribution is 2.23. The Morgan fingerprint density at radius 2 is 2.29 bits per heavy atom. The molecule has 3 nitrogen and oxygen atoms in total. The van der Waals surface area contributed by atoms with Gasteiger partial charge in [0.1, 0.15) is 5.69 Å². The Balaban J connectivity index is 1.97. The molecule has 0 saturated heterocycles. The molecular weight excluding hydrogens is 219 g/mol. The standard InChI is InChI=1S/C13H17FN2O/c1-9-4-2-5-10(8-9)15-13(17)11-6-3-7-12(14)16-11/h3,6-7,9-10H,2,4-5,8H2,1H3,(H,15,17). The molecule has 1 heterocycles. The van der Waals surface area contributed by atoms with Gasteiger partial charge in [-0.1, -0.05) is 25.8 Å². The van der Waals surface area contributed by atoms with Crippen LogP contribution in [0.1, 0.15) is 43.1 Å². The minimum absolute atomic E-state index is 0.156. The van der Waals surface area contributed by atoms with Crippen LogP contribution in [0.5, 0.6) is 0 Å². The second kappa shape index (κ2) is 5.25. The van der Waals surface area contributed by atoms with E-state index in [0.29, 0.717) is 5.92 Å². The number of rotatable bonds is 2. The Morgan fingerprint density at radius 1 is 1.47 bits per heavy atom. The number of nitrogens with zero attached hydrogens (tertiary/aromatic N) is 1. The summed E-state index contributed by atoms with van der Waals surface area (Å²) in [5, 5.41) is 2.92. The fourth-order valence-corrected chi connectivity index (χ4v) is 2.36. The van der Waals surface area contributed by atoms with Gasteiger partial charge in [-0.2, -0.15) is 4.39 Å². The predicted molar refractivity (Wildman–Crippen MR) is 63.1 cm³/mol. The topological polar surface area (TPSA) is 42.0 Å². The lowest BCUT2D eigenvalue weighted by Crippen LogP contribution is -2.38. The van der Waals surface area contributed by atoms with Crippen LogP contribution in [0.25, 0.3) is 0 Å². The van der Waals surface area contributed by atoms with Crippen LogP contribution < -0.4 is 5.32 Å². The smallest absolute Gasteiger partial charge is 0.270 e. The lowest BCUT2D eigenvalue weighted by atomic mass is 9.87. The van der Waals surface area contributed by atoms with Crippen LogP contribution >= 0.6 is 0 Å². The summed E-state index contributed by atoms with van der Waals surface area (Å²) in [5.74, 6) is -0.243. The van der Waals surface area contributed by atoms with E-state index in [9.17, 15) is 9.18 Å². The average molecular weight is 236 g/mol. The second-order valence-corrected chi connectivity index (χ2v) is 4.79. The van der Waals surface area contributed by atoms with Gasteiger partial charge < -0.3 is 5.32 Å². The molecule has 1 aromatic rings. The van der Waals surface area contributed by atoms with Crippen molar-refractivity contribution in [2.45, 2.75) is 38.6 Å². The Hall–Kier alpha value is -1.45. The number of carbonyl (C=O) groups is 1. The zero-order chi connectivity index (χ0) is 12.3. The number of hydrogen-bond donors (Lipinski definition) is 1. The van der Waals surface area contributed by atoms with Gasteiger partial charge >= 0.3 is 0 Å². The number of aromatic nitrogens is 1. The van der Waals surface area contributed by atoms with Crippen LogP contribution in [0.15, 0.2) is 18.2 Å². The molecule has 1 aromatic heterocycles. The van der Waals surface area contributed by atoms with Crippen molar-refractivity contribution in [3.63, 3.8) is 0 Å². The number of amides is 1. The number of halogens is 1. The summed E-state index contributed by atoms with van der Waals surface area (Å²) in [6, 6.07) is 4.47. The van der Waals surface area contributed by atoms with Crippen molar-refractivity contribution in [2.75, 3.05) is 0 Å². The van der Waals surface area contributed by atoms with Crippen molar-refractivity contribution in [2.24, 2.45) is 5.92 Å². The molecule has 0 radical (unpaired) electrons. The van der Waals surface area contributed by atoms with Crippen LogP contribution in [0, 0.1) is 11.9 Å². The maximum atomic E-state index is 12.9. The molecular formula is C13H17FN2O. The molecule has 1 saturated carbocycles. The molecule has 2 atom stereocenters.